The summed E-state index contributed by atoms with van der Waals surface area (Å²) in [4.78, 5) is 11.1. The SMILES string of the molecule is CCNc1ncc(Br)c(N(CCCO)C2CCC2)n1. The molecule has 0 aromatic carbocycles. The highest BCUT2D eigenvalue weighted by atomic mass is 79.9. The number of anilines is 2. The Labute approximate surface area is 122 Å². The van der Waals surface area contributed by atoms with Crippen molar-refractivity contribution in [3.63, 3.8) is 0 Å². The smallest absolute Gasteiger partial charge is 0.224 e. The molecule has 1 aliphatic carbocycles. The zero-order chi connectivity index (χ0) is 13.7. The van der Waals surface area contributed by atoms with Gasteiger partial charge in [0.15, 0.2) is 0 Å². The Balaban J connectivity index is 2.20. The molecule has 2 N–H and O–H groups in total. The third kappa shape index (κ3) is 3.57. The fraction of sp³-hybridized carbons (Fsp3) is 0.692. The van der Waals surface area contributed by atoms with E-state index >= 15 is 0 Å². The summed E-state index contributed by atoms with van der Waals surface area (Å²) in [5.41, 5.74) is 0. The second kappa shape index (κ2) is 7.05. The van der Waals surface area contributed by atoms with Crippen molar-refractivity contribution in [2.45, 2.75) is 38.6 Å². The number of aliphatic hydroxyl groups is 1. The fourth-order valence-electron chi connectivity index (χ4n) is 2.20. The second-order valence-corrected chi connectivity index (χ2v) is 5.61. The molecule has 1 aliphatic rings. The minimum Gasteiger partial charge on any atom is -0.396 e. The zero-order valence-electron chi connectivity index (χ0n) is 11.3. The van der Waals surface area contributed by atoms with Crippen LogP contribution in [0, 0.1) is 0 Å². The highest BCUT2D eigenvalue weighted by Crippen LogP contribution is 2.33. The molecule has 0 bridgehead atoms. The maximum atomic E-state index is 9.06. The van der Waals surface area contributed by atoms with Crippen LogP contribution in [0.2, 0.25) is 0 Å². The first kappa shape index (κ1) is 14.5. The van der Waals surface area contributed by atoms with E-state index in [-0.39, 0.29) is 6.61 Å². The summed E-state index contributed by atoms with van der Waals surface area (Å²) >= 11 is 3.54. The molecule has 1 saturated carbocycles. The van der Waals surface area contributed by atoms with Crippen LogP contribution in [0.5, 0.6) is 0 Å². The lowest BCUT2D eigenvalue weighted by molar-refractivity contribution is 0.282. The molecule has 106 valence electrons. The van der Waals surface area contributed by atoms with Gasteiger partial charge in [-0.3, -0.25) is 0 Å². The van der Waals surface area contributed by atoms with E-state index in [4.69, 9.17) is 5.11 Å². The van der Waals surface area contributed by atoms with Gasteiger partial charge in [0.25, 0.3) is 0 Å². The summed E-state index contributed by atoms with van der Waals surface area (Å²) in [6, 6.07) is 0.548. The van der Waals surface area contributed by atoms with Crippen LogP contribution in [0.4, 0.5) is 11.8 Å². The number of aromatic nitrogens is 2. The minimum absolute atomic E-state index is 0.214. The molecule has 19 heavy (non-hydrogen) atoms. The Bertz CT molecular complexity index is 412. The molecule has 1 aromatic rings. The number of hydrogen-bond acceptors (Lipinski definition) is 5. The molecule has 0 unspecified atom stereocenters. The summed E-state index contributed by atoms with van der Waals surface area (Å²) in [5, 5.41) is 12.2. The monoisotopic (exact) mass is 328 g/mol. The van der Waals surface area contributed by atoms with E-state index < -0.39 is 0 Å². The molecule has 0 spiro atoms. The minimum atomic E-state index is 0.214. The number of nitrogens with one attached hydrogen (secondary N) is 1. The molecule has 0 amide bonds. The van der Waals surface area contributed by atoms with Gasteiger partial charge in [-0.2, -0.15) is 4.98 Å². The Morgan fingerprint density at radius 1 is 1.53 bits per heavy atom. The third-order valence-corrected chi connectivity index (χ3v) is 3.96. The van der Waals surface area contributed by atoms with E-state index in [0.29, 0.717) is 12.0 Å². The molecular weight excluding hydrogens is 308 g/mol. The quantitative estimate of drug-likeness (QED) is 0.804. The normalized spacial score (nSPS) is 15.1. The van der Waals surface area contributed by atoms with Crippen LogP contribution in [0.15, 0.2) is 10.7 Å². The van der Waals surface area contributed by atoms with Crippen LogP contribution in [-0.2, 0) is 0 Å². The number of aliphatic hydroxyl groups excluding tert-OH is 1. The Morgan fingerprint density at radius 3 is 2.89 bits per heavy atom. The molecule has 0 atom stereocenters. The average Bonchev–Trinajstić information content (AvgIpc) is 2.35. The van der Waals surface area contributed by atoms with E-state index in [2.05, 4.69) is 36.1 Å². The van der Waals surface area contributed by atoms with Crippen LogP contribution >= 0.6 is 15.9 Å². The Hall–Kier alpha value is -0.880. The summed E-state index contributed by atoms with van der Waals surface area (Å²) in [5.74, 6) is 1.60. The van der Waals surface area contributed by atoms with Crippen molar-refractivity contribution in [1.82, 2.24) is 9.97 Å². The summed E-state index contributed by atoms with van der Waals surface area (Å²) in [6.45, 7) is 3.88. The van der Waals surface area contributed by atoms with E-state index in [0.717, 1.165) is 29.8 Å². The maximum Gasteiger partial charge on any atom is 0.224 e. The van der Waals surface area contributed by atoms with Gasteiger partial charge >= 0.3 is 0 Å². The first-order valence-electron chi connectivity index (χ1n) is 6.90. The lowest BCUT2D eigenvalue weighted by atomic mass is 9.91. The third-order valence-electron chi connectivity index (χ3n) is 3.41. The maximum absolute atomic E-state index is 9.06. The Kier molecular flexibility index (Phi) is 5.39. The van der Waals surface area contributed by atoms with Crippen LogP contribution in [-0.4, -0.2) is 40.8 Å². The lowest BCUT2D eigenvalue weighted by Gasteiger charge is -2.38. The average molecular weight is 329 g/mol. The highest BCUT2D eigenvalue weighted by molar-refractivity contribution is 9.10. The topological polar surface area (TPSA) is 61.3 Å². The fourth-order valence-corrected chi connectivity index (χ4v) is 2.62. The summed E-state index contributed by atoms with van der Waals surface area (Å²) < 4.78 is 0.916. The van der Waals surface area contributed by atoms with E-state index in [1.54, 1.807) is 6.20 Å². The van der Waals surface area contributed by atoms with Crippen molar-refractivity contribution in [2.75, 3.05) is 29.9 Å². The molecule has 0 aliphatic heterocycles. The number of hydrogen-bond donors (Lipinski definition) is 2. The van der Waals surface area contributed by atoms with Crippen molar-refractivity contribution in [1.29, 1.82) is 0 Å². The molecule has 1 heterocycles. The number of halogens is 1. The number of rotatable bonds is 7. The van der Waals surface area contributed by atoms with E-state index in [1.807, 2.05) is 6.92 Å². The van der Waals surface area contributed by atoms with Crippen molar-refractivity contribution in [2.24, 2.45) is 0 Å². The van der Waals surface area contributed by atoms with Gasteiger partial charge in [-0.25, -0.2) is 4.98 Å². The van der Waals surface area contributed by atoms with Gasteiger partial charge in [-0.15, -0.1) is 0 Å². The second-order valence-electron chi connectivity index (χ2n) is 4.75. The summed E-state index contributed by atoms with van der Waals surface area (Å²) in [7, 11) is 0. The van der Waals surface area contributed by atoms with Crippen LogP contribution < -0.4 is 10.2 Å². The van der Waals surface area contributed by atoms with Gasteiger partial charge in [0.2, 0.25) is 5.95 Å². The lowest BCUT2D eigenvalue weighted by Crippen LogP contribution is -2.42. The summed E-state index contributed by atoms with van der Waals surface area (Å²) in [6.07, 6.45) is 6.26. The molecule has 1 aromatic heterocycles. The van der Waals surface area contributed by atoms with Crippen LogP contribution in [0.1, 0.15) is 32.6 Å². The zero-order valence-corrected chi connectivity index (χ0v) is 12.9. The van der Waals surface area contributed by atoms with E-state index in [9.17, 15) is 0 Å². The molecule has 0 radical (unpaired) electrons. The largest absolute Gasteiger partial charge is 0.396 e. The van der Waals surface area contributed by atoms with Crippen molar-refractivity contribution >= 4 is 27.7 Å². The van der Waals surface area contributed by atoms with E-state index in [1.165, 1.54) is 19.3 Å². The Morgan fingerprint density at radius 2 is 2.32 bits per heavy atom. The van der Waals surface area contributed by atoms with Crippen molar-refractivity contribution < 1.29 is 5.11 Å². The van der Waals surface area contributed by atoms with Crippen LogP contribution in [0.25, 0.3) is 0 Å². The van der Waals surface area contributed by atoms with Gasteiger partial charge in [-0.05, 0) is 48.5 Å². The molecule has 6 heteroatoms. The molecule has 2 rings (SSSR count). The standard InChI is InChI=1S/C13H21BrN4O/c1-2-15-13-16-9-11(14)12(17-13)18(7-4-8-19)10-5-3-6-10/h9-10,19H,2-8H2,1H3,(H,15,16,17). The van der Waals surface area contributed by atoms with Gasteiger partial charge < -0.3 is 15.3 Å². The first-order valence-corrected chi connectivity index (χ1v) is 7.69. The molecule has 1 fully saturated rings. The molecular formula is C13H21BrN4O. The highest BCUT2D eigenvalue weighted by Gasteiger charge is 2.27. The van der Waals surface area contributed by atoms with Gasteiger partial charge in [0.05, 0.1) is 4.47 Å². The predicted octanol–water partition coefficient (Wildman–Crippen LogP) is 2.41. The van der Waals surface area contributed by atoms with Gasteiger partial charge in [0, 0.05) is 31.9 Å². The van der Waals surface area contributed by atoms with Gasteiger partial charge in [0.1, 0.15) is 5.82 Å². The van der Waals surface area contributed by atoms with Crippen molar-refractivity contribution in [3.05, 3.63) is 10.7 Å². The number of nitrogens with zero attached hydrogens (tertiary/aromatic N) is 3. The molecule has 5 nitrogen and oxygen atoms in total. The van der Waals surface area contributed by atoms with Gasteiger partial charge in [-0.1, -0.05) is 0 Å². The predicted molar refractivity (Wildman–Crippen MR) is 80.6 cm³/mol. The first-order chi connectivity index (χ1) is 9.26. The molecule has 0 saturated heterocycles. The van der Waals surface area contributed by atoms with Crippen LogP contribution in [0.3, 0.4) is 0 Å². The van der Waals surface area contributed by atoms with Crippen molar-refractivity contribution in [3.8, 4) is 0 Å².